The summed E-state index contributed by atoms with van der Waals surface area (Å²) in [5.74, 6) is 0. The van der Waals surface area contributed by atoms with Gasteiger partial charge in [-0.3, -0.25) is 10.1 Å². The van der Waals surface area contributed by atoms with Crippen molar-refractivity contribution >= 4 is 48.6 Å². The summed E-state index contributed by atoms with van der Waals surface area (Å²) in [6.07, 6.45) is 2.61. The lowest BCUT2D eigenvalue weighted by Crippen LogP contribution is -2.35. The second-order valence-electron chi connectivity index (χ2n) is 6.56. The van der Waals surface area contributed by atoms with Crippen LogP contribution in [-0.2, 0) is 10.0 Å². The third-order valence-corrected chi connectivity index (χ3v) is 7.42. The lowest BCUT2D eigenvalue weighted by molar-refractivity contribution is -0.384. The molecule has 1 N–H and O–H groups in total. The highest BCUT2D eigenvalue weighted by atomic mass is 32.2. The highest BCUT2D eigenvalue weighted by Gasteiger charge is 2.28. The van der Waals surface area contributed by atoms with Crippen LogP contribution in [0.15, 0.2) is 46.8 Å². The van der Waals surface area contributed by atoms with Gasteiger partial charge in [0.25, 0.3) is 5.69 Å². The number of thiazole rings is 1. The van der Waals surface area contributed by atoms with E-state index in [1.54, 1.807) is 11.6 Å². The zero-order valence-electron chi connectivity index (χ0n) is 14.9. The van der Waals surface area contributed by atoms with Crippen molar-refractivity contribution in [3.63, 3.8) is 0 Å². The predicted octanol–water partition coefficient (Wildman–Crippen LogP) is 4.12. The molecule has 0 bridgehead atoms. The number of piperidine rings is 1. The molecule has 0 spiro atoms. The first-order chi connectivity index (χ1) is 13.4. The SMILES string of the molecule is O=[N+]([O-])c1cc(S(=O)(=O)N2CCCCC2)ccc1Nc1ccc2ncsc2c1. The van der Waals surface area contributed by atoms with Crippen LogP contribution in [-0.4, -0.2) is 35.7 Å². The van der Waals surface area contributed by atoms with Gasteiger partial charge in [-0.1, -0.05) is 6.42 Å². The Labute approximate surface area is 166 Å². The second-order valence-corrected chi connectivity index (χ2v) is 9.38. The molecule has 28 heavy (non-hydrogen) atoms. The van der Waals surface area contributed by atoms with Gasteiger partial charge in [0.15, 0.2) is 0 Å². The van der Waals surface area contributed by atoms with Crippen molar-refractivity contribution in [3.8, 4) is 0 Å². The van der Waals surface area contributed by atoms with E-state index in [4.69, 9.17) is 0 Å². The summed E-state index contributed by atoms with van der Waals surface area (Å²) in [6, 6.07) is 9.47. The van der Waals surface area contributed by atoms with Crippen LogP contribution in [0.25, 0.3) is 10.2 Å². The minimum Gasteiger partial charge on any atom is -0.350 e. The number of fused-ring (bicyclic) bond motifs is 1. The molecule has 1 fully saturated rings. The third-order valence-electron chi connectivity index (χ3n) is 4.73. The second kappa shape index (κ2) is 7.46. The average molecular weight is 419 g/mol. The summed E-state index contributed by atoms with van der Waals surface area (Å²) in [4.78, 5) is 15.2. The first kappa shape index (κ1) is 18.8. The normalized spacial score (nSPS) is 15.6. The van der Waals surface area contributed by atoms with Crippen molar-refractivity contribution in [3.05, 3.63) is 52.0 Å². The summed E-state index contributed by atoms with van der Waals surface area (Å²) in [5, 5.41) is 14.6. The van der Waals surface area contributed by atoms with Crippen LogP contribution in [0.5, 0.6) is 0 Å². The zero-order valence-corrected chi connectivity index (χ0v) is 16.5. The molecule has 0 amide bonds. The van der Waals surface area contributed by atoms with Crippen LogP contribution in [0, 0.1) is 10.1 Å². The molecule has 3 aromatic rings. The van der Waals surface area contributed by atoms with E-state index >= 15 is 0 Å². The van der Waals surface area contributed by atoms with Gasteiger partial charge in [0.1, 0.15) is 5.69 Å². The van der Waals surface area contributed by atoms with Crippen LogP contribution in [0.1, 0.15) is 19.3 Å². The molecule has 2 aromatic carbocycles. The monoisotopic (exact) mass is 418 g/mol. The maximum Gasteiger partial charge on any atom is 0.294 e. The van der Waals surface area contributed by atoms with E-state index in [1.807, 2.05) is 12.1 Å². The molecule has 1 aliphatic heterocycles. The van der Waals surface area contributed by atoms with Crippen molar-refractivity contribution in [1.82, 2.24) is 9.29 Å². The van der Waals surface area contributed by atoms with Gasteiger partial charge < -0.3 is 5.32 Å². The van der Waals surface area contributed by atoms with E-state index in [2.05, 4.69) is 10.3 Å². The summed E-state index contributed by atoms with van der Waals surface area (Å²) in [5.41, 5.74) is 3.23. The van der Waals surface area contributed by atoms with Gasteiger partial charge >= 0.3 is 0 Å². The smallest absolute Gasteiger partial charge is 0.294 e. The third kappa shape index (κ3) is 3.58. The molecule has 0 aliphatic carbocycles. The number of nitrogens with zero attached hydrogens (tertiary/aromatic N) is 3. The van der Waals surface area contributed by atoms with Crippen molar-refractivity contribution in [2.75, 3.05) is 18.4 Å². The molecule has 2 heterocycles. The molecule has 1 saturated heterocycles. The van der Waals surface area contributed by atoms with Gasteiger partial charge in [-0.2, -0.15) is 4.31 Å². The molecule has 0 atom stereocenters. The number of hydrogen-bond acceptors (Lipinski definition) is 7. The maximum absolute atomic E-state index is 12.8. The minimum absolute atomic E-state index is 0.0513. The first-order valence-electron chi connectivity index (χ1n) is 8.84. The predicted molar refractivity (Wildman–Crippen MR) is 109 cm³/mol. The maximum atomic E-state index is 12.8. The lowest BCUT2D eigenvalue weighted by atomic mass is 10.2. The number of nitrogens with one attached hydrogen (secondary N) is 1. The van der Waals surface area contributed by atoms with Crippen molar-refractivity contribution < 1.29 is 13.3 Å². The first-order valence-corrected chi connectivity index (χ1v) is 11.2. The van der Waals surface area contributed by atoms with Gasteiger partial charge in [-0.05, 0) is 43.2 Å². The molecule has 0 unspecified atom stereocenters. The molecule has 0 radical (unpaired) electrons. The Kier molecular flexibility index (Phi) is 5.00. The number of rotatable bonds is 5. The Bertz CT molecular complexity index is 1140. The molecule has 4 rings (SSSR count). The topological polar surface area (TPSA) is 105 Å². The minimum atomic E-state index is -3.73. The highest BCUT2D eigenvalue weighted by molar-refractivity contribution is 7.89. The van der Waals surface area contributed by atoms with Crippen LogP contribution >= 0.6 is 11.3 Å². The van der Waals surface area contributed by atoms with Gasteiger partial charge in [0.2, 0.25) is 10.0 Å². The van der Waals surface area contributed by atoms with Gasteiger partial charge in [0.05, 0.1) is 25.5 Å². The Hall–Kier alpha value is -2.56. The summed E-state index contributed by atoms with van der Waals surface area (Å²) in [7, 11) is -3.73. The van der Waals surface area contributed by atoms with E-state index in [0.717, 1.165) is 35.5 Å². The van der Waals surface area contributed by atoms with E-state index in [9.17, 15) is 18.5 Å². The fourth-order valence-electron chi connectivity index (χ4n) is 3.27. The van der Waals surface area contributed by atoms with E-state index < -0.39 is 14.9 Å². The number of nitro groups is 1. The van der Waals surface area contributed by atoms with Gasteiger partial charge in [0, 0.05) is 24.8 Å². The molecule has 146 valence electrons. The van der Waals surface area contributed by atoms with Gasteiger partial charge in [-0.25, -0.2) is 13.4 Å². The molecular formula is C18H18N4O4S2. The fourth-order valence-corrected chi connectivity index (χ4v) is 5.53. The number of anilines is 2. The molecule has 1 aliphatic rings. The number of sulfonamides is 1. The van der Waals surface area contributed by atoms with E-state index in [0.29, 0.717) is 18.8 Å². The Balaban J connectivity index is 1.67. The number of benzene rings is 2. The average Bonchev–Trinajstić information content (AvgIpc) is 3.16. The number of hydrogen-bond donors (Lipinski definition) is 1. The van der Waals surface area contributed by atoms with E-state index in [-0.39, 0.29) is 16.3 Å². The van der Waals surface area contributed by atoms with Crippen LogP contribution in [0.4, 0.5) is 17.1 Å². The molecule has 0 saturated carbocycles. The molecule has 1 aromatic heterocycles. The van der Waals surface area contributed by atoms with Crippen molar-refractivity contribution in [1.29, 1.82) is 0 Å². The summed E-state index contributed by atoms with van der Waals surface area (Å²) >= 11 is 1.47. The van der Waals surface area contributed by atoms with Crippen LogP contribution < -0.4 is 5.32 Å². The highest BCUT2D eigenvalue weighted by Crippen LogP contribution is 2.33. The molecule has 10 heteroatoms. The standard InChI is InChI=1S/C18H18N4O4S2/c23-22(24)17-11-14(28(25,26)21-8-2-1-3-9-21)5-7-15(17)20-13-4-6-16-18(10-13)27-12-19-16/h4-7,10-12,20H,1-3,8-9H2. The Morgan fingerprint density at radius 1 is 1.11 bits per heavy atom. The lowest BCUT2D eigenvalue weighted by Gasteiger charge is -2.25. The summed E-state index contributed by atoms with van der Waals surface area (Å²) in [6.45, 7) is 0.899. The van der Waals surface area contributed by atoms with E-state index in [1.165, 1.54) is 27.8 Å². The number of nitro benzene ring substituents is 1. The molecular weight excluding hydrogens is 400 g/mol. The number of aromatic nitrogens is 1. The Morgan fingerprint density at radius 2 is 1.89 bits per heavy atom. The van der Waals surface area contributed by atoms with Gasteiger partial charge in [-0.15, -0.1) is 11.3 Å². The van der Waals surface area contributed by atoms with Crippen molar-refractivity contribution in [2.24, 2.45) is 0 Å². The molecule has 8 nitrogen and oxygen atoms in total. The summed E-state index contributed by atoms with van der Waals surface area (Å²) < 4.78 is 28.0. The fraction of sp³-hybridized carbons (Fsp3) is 0.278. The van der Waals surface area contributed by atoms with Crippen molar-refractivity contribution in [2.45, 2.75) is 24.2 Å². The zero-order chi connectivity index (χ0) is 19.7. The quantitative estimate of drug-likeness (QED) is 0.493. The van der Waals surface area contributed by atoms with Crippen LogP contribution in [0.2, 0.25) is 0 Å². The van der Waals surface area contributed by atoms with Crippen LogP contribution in [0.3, 0.4) is 0 Å². The largest absolute Gasteiger partial charge is 0.350 e. The Morgan fingerprint density at radius 3 is 2.64 bits per heavy atom.